The van der Waals surface area contributed by atoms with Crippen molar-refractivity contribution in [1.82, 2.24) is 25.3 Å². The van der Waals surface area contributed by atoms with Crippen LogP contribution in [0.5, 0.6) is 0 Å². The smallest absolute Gasteiger partial charge is 0.263 e. The first-order valence-electron chi connectivity index (χ1n) is 7.85. The van der Waals surface area contributed by atoms with Gasteiger partial charge >= 0.3 is 0 Å². The van der Waals surface area contributed by atoms with Crippen molar-refractivity contribution in [3.05, 3.63) is 46.6 Å². The zero-order valence-corrected chi connectivity index (χ0v) is 14.7. The highest BCUT2D eigenvalue weighted by molar-refractivity contribution is 7.17. The minimum absolute atomic E-state index is 0.0776. The zero-order chi connectivity index (χ0) is 17.1. The monoisotopic (exact) mass is 341 g/mol. The number of nitrogens with zero attached hydrogens (tertiary/aromatic N) is 4. The summed E-state index contributed by atoms with van der Waals surface area (Å²) in [7, 11) is 0. The predicted molar refractivity (Wildman–Crippen MR) is 94.6 cm³/mol. The summed E-state index contributed by atoms with van der Waals surface area (Å²) in [6, 6.07) is 9.83. The topological polar surface area (TPSA) is 72.7 Å². The van der Waals surface area contributed by atoms with E-state index in [4.69, 9.17) is 0 Å². The Morgan fingerprint density at radius 2 is 2.00 bits per heavy atom. The number of hydrogen-bond donors (Lipinski definition) is 1. The SMILES string of the molecule is CCCNC(=O)c1sc(-c2nnn(-c3ccccc3)c2C)nc1C. The van der Waals surface area contributed by atoms with Gasteiger partial charge in [-0.3, -0.25) is 4.79 Å². The molecule has 24 heavy (non-hydrogen) atoms. The van der Waals surface area contributed by atoms with Crippen molar-refractivity contribution in [2.45, 2.75) is 27.2 Å². The van der Waals surface area contributed by atoms with Crippen LogP contribution in [0, 0.1) is 13.8 Å². The summed E-state index contributed by atoms with van der Waals surface area (Å²) in [5.41, 5.74) is 3.28. The molecule has 1 N–H and O–H groups in total. The molecule has 0 radical (unpaired) electrons. The van der Waals surface area contributed by atoms with Gasteiger partial charge in [0, 0.05) is 6.54 Å². The number of aromatic nitrogens is 4. The second-order valence-electron chi connectivity index (χ2n) is 5.46. The van der Waals surface area contributed by atoms with E-state index in [2.05, 4.69) is 20.6 Å². The van der Waals surface area contributed by atoms with Crippen molar-refractivity contribution in [3.63, 3.8) is 0 Å². The van der Waals surface area contributed by atoms with Crippen LogP contribution < -0.4 is 5.32 Å². The molecule has 0 bridgehead atoms. The molecular formula is C17H19N5OS. The lowest BCUT2D eigenvalue weighted by molar-refractivity contribution is 0.0957. The lowest BCUT2D eigenvalue weighted by Crippen LogP contribution is -2.23. The average molecular weight is 341 g/mol. The number of amides is 1. The van der Waals surface area contributed by atoms with Gasteiger partial charge in [-0.05, 0) is 32.4 Å². The van der Waals surface area contributed by atoms with Crippen LogP contribution in [0.15, 0.2) is 30.3 Å². The van der Waals surface area contributed by atoms with Gasteiger partial charge in [0.15, 0.2) is 0 Å². The Morgan fingerprint density at radius 1 is 1.25 bits per heavy atom. The van der Waals surface area contributed by atoms with Crippen LogP contribution >= 0.6 is 11.3 Å². The Hall–Kier alpha value is -2.54. The summed E-state index contributed by atoms with van der Waals surface area (Å²) in [5.74, 6) is -0.0776. The first-order valence-corrected chi connectivity index (χ1v) is 8.67. The Kier molecular flexibility index (Phi) is 4.71. The fourth-order valence-corrected chi connectivity index (χ4v) is 3.39. The molecule has 3 aromatic rings. The molecule has 7 heteroatoms. The molecule has 0 spiro atoms. The molecule has 0 aliphatic heterocycles. The van der Waals surface area contributed by atoms with Gasteiger partial charge in [0.2, 0.25) is 0 Å². The summed E-state index contributed by atoms with van der Waals surface area (Å²) in [5, 5.41) is 12.1. The number of carbonyl (C=O) groups is 1. The van der Waals surface area contributed by atoms with E-state index in [-0.39, 0.29) is 5.91 Å². The third kappa shape index (κ3) is 3.07. The average Bonchev–Trinajstić information content (AvgIpc) is 3.16. The summed E-state index contributed by atoms with van der Waals surface area (Å²) in [6.45, 7) is 6.49. The molecule has 2 aromatic heterocycles. The Bertz CT molecular complexity index is 853. The quantitative estimate of drug-likeness (QED) is 0.774. The predicted octanol–water partition coefficient (Wildman–Crippen LogP) is 3.15. The van der Waals surface area contributed by atoms with Gasteiger partial charge in [0.25, 0.3) is 5.91 Å². The van der Waals surface area contributed by atoms with E-state index in [0.29, 0.717) is 22.1 Å². The molecule has 0 saturated carbocycles. The largest absolute Gasteiger partial charge is 0.351 e. The molecule has 2 heterocycles. The van der Waals surface area contributed by atoms with E-state index in [1.165, 1.54) is 11.3 Å². The maximum absolute atomic E-state index is 12.2. The number of rotatable bonds is 5. The number of carbonyl (C=O) groups excluding carboxylic acids is 1. The number of hydrogen-bond acceptors (Lipinski definition) is 5. The van der Waals surface area contributed by atoms with Crippen LogP contribution in [0.3, 0.4) is 0 Å². The molecule has 3 rings (SSSR count). The minimum Gasteiger partial charge on any atom is -0.351 e. The molecule has 0 aliphatic carbocycles. The maximum Gasteiger partial charge on any atom is 0.263 e. The summed E-state index contributed by atoms with van der Waals surface area (Å²) >= 11 is 1.35. The number of aryl methyl sites for hydroxylation is 1. The molecular weight excluding hydrogens is 322 g/mol. The van der Waals surface area contributed by atoms with Gasteiger partial charge in [0.1, 0.15) is 15.6 Å². The highest BCUT2D eigenvalue weighted by atomic mass is 32.1. The zero-order valence-electron chi connectivity index (χ0n) is 13.9. The van der Waals surface area contributed by atoms with Crippen molar-refractivity contribution in [2.75, 3.05) is 6.54 Å². The highest BCUT2D eigenvalue weighted by Gasteiger charge is 2.20. The second kappa shape index (κ2) is 6.92. The molecule has 0 aliphatic rings. The molecule has 0 saturated heterocycles. The third-order valence-electron chi connectivity index (χ3n) is 3.64. The fraction of sp³-hybridized carbons (Fsp3) is 0.294. The summed E-state index contributed by atoms with van der Waals surface area (Å²) in [6.07, 6.45) is 0.904. The van der Waals surface area contributed by atoms with E-state index >= 15 is 0 Å². The minimum atomic E-state index is -0.0776. The second-order valence-corrected chi connectivity index (χ2v) is 6.46. The third-order valence-corrected chi connectivity index (χ3v) is 4.80. The van der Waals surface area contributed by atoms with Crippen LogP contribution in [-0.2, 0) is 0 Å². The van der Waals surface area contributed by atoms with E-state index < -0.39 is 0 Å². The number of benzene rings is 1. The van der Waals surface area contributed by atoms with E-state index in [9.17, 15) is 4.79 Å². The molecule has 1 aromatic carbocycles. The normalized spacial score (nSPS) is 10.8. The van der Waals surface area contributed by atoms with Crippen LogP contribution in [0.1, 0.15) is 34.4 Å². The first kappa shape index (κ1) is 16.3. The van der Waals surface area contributed by atoms with Gasteiger partial charge in [-0.1, -0.05) is 30.3 Å². The highest BCUT2D eigenvalue weighted by Crippen LogP contribution is 2.29. The molecule has 0 unspecified atom stereocenters. The summed E-state index contributed by atoms with van der Waals surface area (Å²) < 4.78 is 1.78. The Labute approximate surface area is 144 Å². The number of thiazole rings is 1. The van der Waals surface area contributed by atoms with E-state index in [0.717, 1.165) is 23.5 Å². The van der Waals surface area contributed by atoms with Gasteiger partial charge < -0.3 is 5.32 Å². The van der Waals surface area contributed by atoms with Gasteiger partial charge in [-0.25, -0.2) is 9.67 Å². The van der Waals surface area contributed by atoms with Crippen molar-refractivity contribution < 1.29 is 4.79 Å². The van der Waals surface area contributed by atoms with Crippen LogP contribution in [0.25, 0.3) is 16.4 Å². The first-order chi connectivity index (χ1) is 11.6. The molecule has 0 fully saturated rings. The fourth-order valence-electron chi connectivity index (χ4n) is 2.37. The van der Waals surface area contributed by atoms with E-state index in [1.807, 2.05) is 51.1 Å². The van der Waals surface area contributed by atoms with Crippen LogP contribution in [0.2, 0.25) is 0 Å². The maximum atomic E-state index is 12.2. The lowest BCUT2D eigenvalue weighted by Gasteiger charge is -2.02. The van der Waals surface area contributed by atoms with Crippen molar-refractivity contribution in [3.8, 4) is 16.4 Å². The molecule has 124 valence electrons. The van der Waals surface area contributed by atoms with Crippen LogP contribution in [-0.4, -0.2) is 32.4 Å². The Morgan fingerprint density at radius 3 is 2.71 bits per heavy atom. The molecule has 0 atom stereocenters. The molecule has 1 amide bonds. The standard InChI is InChI=1S/C17H19N5OS/c1-4-10-18-16(23)15-11(2)19-17(24-15)14-12(3)22(21-20-14)13-8-6-5-7-9-13/h5-9H,4,10H2,1-3H3,(H,18,23). The van der Waals surface area contributed by atoms with E-state index in [1.54, 1.807) is 4.68 Å². The van der Waals surface area contributed by atoms with Gasteiger partial charge in [-0.2, -0.15) is 0 Å². The lowest BCUT2D eigenvalue weighted by atomic mass is 10.3. The number of para-hydroxylation sites is 1. The van der Waals surface area contributed by atoms with Crippen molar-refractivity contribution in [2.24, 2.45) is 0 Å². The van der Waals surface area contributed by atoms with Crippen molar-refractivity contribution in [1.29, 1.82) is 0 Å². The van der Waals surface area contributed by atoms with Crippen molar-refractivity contribution >= 4 is 17.2 Å². The Balaban J connectivity index is 1.94. The van der Waals surface area contributed by atoms with Gasteiger partial charge in [0.05, 0.1) is 17.1 Å². The number of nitrogens with one attached hydrogen (secondary N) is 1. The summed E-state index contributed by atoms with van der Waals surface area (Å²) in [4.78, 5) is 17.4. The molecule has 6 nitrogen and oxygen atoms in total. The van der Waals surface area contributed by atoms with Gasteiger partial charge in [-0.15, -0.1) is 16.4 Å². The van der Waals surface area contributed by atoms with Crippen LogP contribution in [0.4, 0.5) is 0 Å².